The number of hydrogen-bond donors (Lipinski definition) is 1. The highest BCUT2D eigenvalue weighted by Crippen LogP contribution is 2.30. The maximum absolute atomic E-state index is 12.6. The lowest BCUT2D eigenvalue weighted by molar-refractivity contribution is -0.108. The molecule has 1 atom stereocenters. The van der Waals surface area contributed by atoms with Crippen molar-refractivity contribution < 1.29 is 9.59 Å². The van der Waals surface area contributed by atoms with Crippen molar-refractivity contribution in [2.24, 2.45) is 0 Å². The van der Waals surface area contributed by atoms with Crippen molar-refractivity contribution in [1.29, 1.82) is 0 Å². The second-order valence-electron chi connectivity index (χ2n) is 4.77. The third-order valence-electron chi connectivity index (χ3n) is 3.44. The largest absolute Gasteiger partial charge is 0.374 e. The summed E-state index contributed by atoms with van der Waals surface area (Å²) in [4.78, 5) is 23.5. The molecule has 3 nitrogen and oxygen atoms in total. The van der Waals surface area contributed by atoms with Gasteiger partial charge in [0.15, 0.2) is 5.78 Å². The van der Waals surface area contributed by atoms with E-state index in [1.165, 1.54) is 0 Å². The molecule has 0 amide bonds. The van der Waals surface area contributed by atoms with Gasteiger partial charge in [-0.2, -0.15) is 0 Å². The number of aldehydes is 1. The van der Waals surface area contributed by atoms with Gasteiger partial charge >= 0.3 is 0 Å². The van der Waals surface area contributed by atoms with E-state index in [0.29, 0.717) is 17.5 Å². The fraction of sp³-hybridized carbons (Fsp3) is 0.125. The van der Waals surface area contributed by atoms with Gasteiger partial charge in [0.1, 0.15) is 6.29 Å². The summed E-state index contributed by atoms with van der Waals surface area (Å²) in [6, 6.07) is 12.6. The zero-order chi connectivity index (χ0) is 14.1. The van der Waals surface area contributed by atoms with E-state index in [9.17, 15) is 9.59 Å². The van der Waals surface area contributed by atoms with E-state index in [4.69, 9.17) is 0 Å². The summed E-state index contributed by atoms with van der Waals surface area (Å²) in [5, 5.41) is 3.12. The molecule has 100 valence electrons. The molecule has 0 fully saturated rings. The normalized spacial score (nSPS) is 16.4. The first kappa shape index (κ1) is 13.1. The summed E-state index contributed by atoms with van der Waals surface area (Å²) in [6.45, 7) is 0. The van der Waals surface area contributed by atoms with E-state index < -0.39 is 0 Å². The summed E-state index contributed by atoms with van der Waals surface area (Å²) in [6.07, 6.45) is 1.52. The number of fused-ring (bicyclic) bond motifs is 1. The molecule has 0 bridgehead atoms. The molecule has 0 aromatic heterocycles. The van der Waals surface area contributed by atoms with E-state index in [-0.39, 0.29) is 11.8 Å². The predicted molar refractivity (Wildman–Crippen MR) is 81.2 cm³/mol. The number of anilines is 1. The number of rotatable bonds is 3. The Bertz CT molecular complexity index is 679. The molecule has 20 heavy (non-hydrogen) atoms. The molecule has 0 radical (unpaired) electrons. The fourth-order valence-electron chi connectivity index (χ4n) is 2.44. The number of halogens is 1. The van der Waals surface area contributed by atoms with Gasteiger partial charge in [0.05, 0.1) is 6.04 Å². The number of para-hydroxylation sites is 1. The summed E-state index contributed by atoms with van der Waals surface area (Å²) in [5.41, 5.74) is 3.06. The van der Waals surface area contributed by atoms with Crippen LogP contribution in [0.1, 0.15) is 21.5 Å². The molecule has 2 aromatic carbocycles. The number of carbonyl (C=O) groups is 2. The summed E-state index contributed by atoms with van der Waals surface area (Å²) < 4.78 is 0.937. The van der Waals surface area contributed by atoms with E-state index in [1.54, 1.807) is 18.2 Å². The van der Waals surface area contributed by atoms with E-state index in [2.05, 4.69) is 21.2 Å². The number of carbonyl (C=O) groups excluding carboxylic acids is 2. The third-order valence-corrected chi connectivity index (χ3v) is 3.96. The smallest absolute Gasteiger partial charge is 0.195 e. The Balaban J connectivity index is 2.00. The second-order valence-corrected chi connectivity index (χ2v) is 5.68. The van der Waals surface area contributed by atoms with Crippen LogP contribution in [0, 0.1) is 0 Å². The van der Waals surface area contributed by atoms with Crippen molar-refractivity contribution in [3.63, 3.8) is 0 Å². The van der Waals surface area contributed by atoms with Crippen LogP contribution in [0.5, 0.6) is 0 Å². The van der Waals surface area contributed by atoms with Gasteiger partial charge in [-0.1, -0.05) is 28.1 Å². The Morgan fingerprint density at radius 1 is 1.20 bits per heavy atom. The van der Waals surface area contributed by atoms with Crippen LogP contribution in [-0.2, 0) is 11.2 Å². The van der Waals surface area contributed by atoms with Gasteiger partial charge < -0.3 is 10.1 Å². The van der Waals surface area contributed by atoms with Crippen molar-refractivity contribution in [2.45, 2.75) is 12.5 Å². The second kappa shape index (κ2) is 5.21. The molecule has 1 unspecified atom stereocenters. The maximum atomic E-state index is 12.6. The van der Waals surface area contributed by atoms with Crippen LogP contribution in [0.3, 0.4) is 0 Å². The van der Waals surface area contributed by atoms with E-state index in [0.717, 1.165) is 22.0 Å². The van der Waals surface area contributed by atoms with Gasteiger partial charge in [0.25, 0.3) is 0 Å². The van der Waals surface area contributed by atoms with Gasteiger partial charge in [0, 0.05) is 27.7 Å². The third kappa shape index (κ3) is 2.27. The van der Waals surface area contributed by atoms with Crippen LogP contribution in [0.25, 0.3) is 0 Å². The Kier molecular flexibility index (Phi) is 3.40. The first-order valence-electron chi connectivity index (χ1n) is 6.33. The highest BCUT2D eigenvalue weighted by molar-refractivity contribution is 9.10. The van der Waals surface area contributed by atoms with Crippen LogP contribution < -0.4 is 5.32 Å². The number of nitrogens with one attached hydrogen (secondary N) is 1. The average molecular weight is 330 g/mol. The molecule has 2 aromatic rings. The van der Waals surface area contributed by atoms with Crippen LogP contribution in [0.15, 0.2) is 46.9 Å². The Morgan fingerprint density at radius 3 is 2.65 bits per heavy atom. The lowest BCUT2D eigenvalue weighted by Crippen LogP contribution is -2.17. The monoisotopic (exact) mass is 329 g/mol. The molecule has 0 spiro atoms. The number of hydrogen-bond acceptors (Lipinski definition) is 3. The zero-order valence-electron chi connectivity index (χ0n) is 10.6. The Hall–Kier alpha value is -1.94. The fourth-order valence-corrected chi connectivity index (χ4v) is 2.71. The van der Waals surface area contributed by atoms with Crippen molar-refractivity contribution >= 4 is 33.7 Å². The Labute approximate surface area is 125 Å². The van der Waals surface area contributed by atoms with Gasteiger partial charge in [0.2, 0.25) is 0 Å². The van der Waals surface area contributed by atoms with Crippen molar-refractivity contribution in [3.05, 3.63) is 63.6 Å². The van der Waals surface area contributed by atoms with Gasteiger partial charge in [-0.15, -0.1) is 0 Å². The average Bonchev–Trinajstić information content (AvgIpc) is 2.90. The van der Waals surface area contributed by atoms with Gasteiger partial charge in [-0.3, -0.25) is 4.79 Å². The van der Waals surface area contributed by atoms with E-state index >= 15 is 0 Å². The molecule has 1 heterocycles. The van der Waals surface area contributed by atoms with Gasteiger partial charge in [-0.05, 0) is 35.9 Å². The molecule has 0 saturated carbocycles. The molecule has 1 aliphatic rings. The standard InChI is InChI=1S/C16H12BrNO2/c17-12-6-4-10(5-7-12)16(20)14-3-1-2-11-8-13(9-19)18-15(11)14/h1-7,9,13,18H,8H2. The number of benzene rings is 2. The molecule has 0 aliphatic carbocycles. The minimum absolute atomic E-state index is 0.0339. The Morgan fingerprint density at radius 2 is 1.95 bits per heavy atom. The van der Waals surface area contributed by atoms with Crippen LogP contribution >= 0.6 is 15.9 Å². The highest BCUT2D eigenvalue weighted by atomic mass is 79.9. The van der Waals surface area contributed by atoms with Crippen molar-refractivity contribution in [3.8, 4) is 0 Å². The van der Waals surface area contributed by atoms with Crippen LogP contribution in [0.4, 0.5) is 5.69 Å². The summed E-state index contributed by atoms with van der Waals surface area (Å²) in [7, 11) is 0. The van der Waals surface area contributed by atoms with Gasteiger partial charge in [-0.25, -0.2) is 0 Å². The lowest BCUT2D eigenvalue weighted by Gasteiger charge is -2.09. The quantitative estimate of drug-likeness (QED) is 0.694. The van der Waals surface area contributed by atoms with E-state index in [1.807, 2.05) is 24.3 Å². The maximum Gasteiger partial charge on any atom is 0.195 e. The number of ketones is 1. The first-order chi connectivity index (χ1) is 9.69. The van der Waals surface area contributed by atoms with Crippen LogP contribution in [0.2, 0.25) is 0 Å². The molecular formula is C16H12BrNO2. The highest BCUT2D eigenvalue weighted by Gasteiger charge is 2.25. The predicted octanol–water partition coefficient (Wildman–Crippen LogP) is 3.22. The molecular weight excluding hydrogens is 318 g/mol. The first-order valence-corrected chi connectivity index (χ1v) is 7.12. The topological polar surface area (TPSA) is 46.2 Å². The SMILES string of the molecule is O=CC1Cc2cccc(C(=O)c3ccc(Br)cc3)c2N1. The molecule has 0 saturated heterocycles. The molecule has 4 heteroatoms. The summed E-state index contributed by atoms with van der Waals surface area (Å²) in [5.74, 6) is -0.0339. The van der Waals surface area contributed by atoms with Crippen LogP contribution in [-0.4, -0.2) is 18.1 Å². The minimum Gasteiger partial charge on any atom is -0.374 e. The minimum atomic E-state index is -0.233. The molecule has 1 N–H and O–H groups in total. The molecule has 1 aliphatic heterocycles. The van der Waals surface area contributed by atoms with Crippen molar-refractivity contribution in [2.75, 3.05) is 5.32 Å². The lowest BCUT2D eigenvalue weighted by atomic mass is 9.99. The summed E-state index contributed by atoms with van der Waals surface area (Å²) >= 11 is 3.36. The zero-order valence-corrected chi connectivity index (χ0v) is 12.2. The van der Waals surface area contributed by atoms with Crippen molar-refractivity contribution in [1.82, 2.24) is 0 Å². The molecule has 3 rings (SSSR count).